The molecule has 0 spiro atoms. The fourth-order valence-corrected chi connectivity index (χ4v) is 4.96. The van der Waals surface area contributed by atoms with E-state index in [0.29, 0.717) is 17.0 Å². The molecular weight excluding hydrogens is 448 g/mol. The van der Waals surface area contributed by atoms with Crippen LogP contribution in [0.2, 0.25) is 0 Å². The third-order valence-electron chi connectivity index (χ3n) is 5.61. The van der Waals surface area contributed by atoms with Crippen LogP contribution in [0.15, 0.2) is 84.0 Å². The van der Waals surface area contributed by atoms with Crippen LogP contribution in [0.1, 0.15) is 43.6 Å². The van der Waals surface area contributed by atoms with E-state index in [2.05, 4.69) is 30.7 Å². The predicted molar refractivity (Wildman–Crippen MR) is 132 cm³/mol. The van der Waals surface area contributed by atoms with Gasteiger partial charge < -0.3 is 4.74 Å². The highest BCUT2D eigenvalue weighted by atomic mass is 32.2. The Kier molecular flexibility index (Phi) is 6.68. The van der Waals surface area contributed by atoms with Crippen molar-refractivity contribution in [1.82, 2.24) is 9.97 Å². The lowest BCUT2D eigenvalue weighted by Gasteiger charge is -2.23. The number of nitrogens with zero attached hydrogens (tertiary/aromatic N) is 2. The van der Waals surface area contributed by atoms with Crippen LogP contribution >= 0.6 is 0 Å². The molecule has 4 rings (SSSR count). The Morgan fingerprint density at radius 2 is 1.65 bits per heavy atom. The molecule has 6 nitrogen and oxygen atoms in total. The fraction of sp³-hybridized carbons (Fsp3) is 0.259. The van der Waals surface area contributed by atoms with Crippen LogP contribution in [0.5, 0.6) is 5.88 Å². The molecule has 0 aliphatic carbocycles. The summed E-state index contributed by atoms with van der Waals surface area (Å²) in [5.74, 6) is 0.375. The molecule has 3 aromatic carbocycles. The molecule has 0 bridgehead atoms. The number of ether oxygens (including phenoxy) is 1. The lowest BCUT2D eigenvalue weighted by atomic mass is 9.86. The van der Waals surface area contributed by atoms with Crippen LogP contribution in [0, 0.1) is 6.92 Å². The van der Waals surface area contributed by atoms with Crippen molar-refractivity contribution >= 4 is 21.0 Å². The van der Waals surface area contributed by atoms with E-state index in [0.717, 1.165) is 16.5 Å². The number of hydrogen-bond donors (Lipinski definition) is 0. The van der Waals surface area contributed by atoms with Gasteiger partial charge in [-0.3, -0.25) is 4.18 Å². The SMILES string of the molecule is Cc1ccccc1S(=O)(=O)OC(COc1ncnc2ccccc12)c1cccc(C(C)(C)C)c1. The van der Waals surface area contributed by atoms with Crippen molar-refractivity contribution in [2.45, 2.75) is 44.1 Å². The lowest BCUT2D eigenvalue weighted by molar-refractivity contribution is 0.133. The summed E-state index contributed by atoms with van der Waals surface area (Å²) in [6.45, 7) is 8.02. The Morgan fingerprint density at radius 1 is 0.912 bits per heavy atom. The molecule has 0 amide bonds. The minimum absolute atomic E-state index is 0.0419. The summed E-state index contributed by atoms with van der Waals surface area (Å²) in [6.07, 6.45) is 0.554. The molecule has 1 aromatic heterocycles. The van der Waals surface area contributed by atoms with E-state index in [9.17, 15) is 8.42 Å². The second-order valence-corrected chi connectivity index (χ2v) is 10.7. The number of fused-ring (bicyclic) bond motifs is 1. The third kappa shape index (κ3) is 5.26. The number of aromatic nitrogens is 2. The van der Waals surface area contributed by atoms with Crippen molar-refractivity contribution in [2.24, 2.45) is 0 Å². The summed E-state index contributed by atoms with van der Waals surface area (Å²) in [7, 11) is -4.05. The Morgan fingerprint density at radius 3 is 2.41 bits per heavy atom. The summed E-state index contributed by atoms with van der Waals surface area (Å²) in [6, 6.07) is 22.0. The van der Waals surface area contributed by atoms with Gasteiger partial charge in [0.15, 0.2) is 0 Å². The molecule has 176 valence electrons. The van der Waals surface area contributed by atoms with Crippen LogP contribution in [0.25, 0.3) is 10.9 Å². The first-order valence-electron chi connectivity index (χ1n) is 11.1. The molecule has 1 heterocycles. The number of rotatable bonds is 7. The van der Waals surface area contributed by atoms with E-state index in [1.165, 1.54) is 6.33 Å². The maximum absolute atomic E-state index is 13.2. The van der Waals surface area contributed by atoms with Crippen molar-refractivity contribution in [3.63, 3.8) is 0 Å². The summed E-state index contributed by atoms with van der Waals surface area (Å²) >= 11 is 0. The first-order chi connectivity index (χ1) is 16.1. The highest BCUT2D eigenvalue weighted by molar-refractivity contribution is 7.86. The van der Waals surface area contributed by atoms with Gasteiger partial charge in [0.2, 0.25) is 5.88 Å². The molecule has 1 unspecified atom stereocenters. The molecule has 0 fully saturated rings. The zero-order chi connectivity index (χ0) is 24.3. The second-order valence-electron chi connectivity index (χ2n) is 9.19. The van der Waals surface area contributed by atoms with E-state index in [4.69, 9.17) is 8.92 Å². The van der Waals surface area contributed by atoms with Gasteiger partial charge in [-0.05, 0) is 47.2 Å². The van der Waals surface area contributed by atoms with Crippen LogP contribution in [-0.4, -0.2) is 25.0 Å². The van der Waals surface area contributed by atoms with Crippen LogP contribution in [-0.2, 0) is 19.7 Å². The van der Waals surface area contributed by atoms with E-state index < -0.39 is 16.2 Å². The van der Waals surface area contributed by atoms with Crippen molar-refractivity contribution in [3.05, 3.63) is 95.8 Å². The van der Waals surface area contributed by atoms with E-state index >= 15 is 0 Å². The molecule has 0 N–H and O–H groups in total. The Hall–Kier alpha value is -3.29. The van der Waals surface area contributed by atoms with Crippen molar-refractivity contribution in [3.8, 4) is 5.88 Å². The average molecular weight is 477 g/mol. The van der Waals surface area contributed by atoms with Crippen LogP contribution in [0.3, 0.4) is 0 Å². The molecule has 7 heteroatoms. The standard InChI is InChI=1S/C27H28N2O4S/c1-19-10-5-8-15-25(19)34(30,31)33-24(20-11-9-12-21(16-20)27(2,3)4)17-32-26-22-13-6-7-14-23(22)28-18-29-26/h5-16,18,24H,17H2,1-4H3. The summed E-state index contributed by atoms with van der Waals surface area (Å²) in [5.41, 5.74) is 3.03. The second kappa shape index (κ2) is 9.52. The van der Waals surface area contributed by atoms with Crippen LogP contribution < -0.4 is 4.74 Å². The van der Waals surface area contributed by atoms with Gasteiger partial charge in [-0.2, -0.15) is 8.42 Å². The number of benzene rings is 3. The number of hydrogen-bond acceptors (Lipinski definition) is 6. The first-order valence-corrected chi connectivity index (χ1v) is 12.5. The highest BCUT2D eigenvalue weighted by Crippen LogP contribution is 2.31. The lowest BCUT2D eigenvalue weighted by Crippen LogP contribution is -2.20. The van der Waals surface area contributed by atoms with E-state index in [-0.39, 0.29) is 16.9 Å². The average Bonchev–Trinajstić information content (AvgIpc) is 2.81. The minimum atomic E-state index is -4.05. The largest absolute Gasteiger partial charge is 0.474 e. The monoisotopic (exact) mass is 476 g/mol. The van der Waals surface area contributed by atoms with Crippen LogP contribution in [0.4, 0.5) is 0 Å². The van der Waals surface area contributed by atoms with Crippen molar-refractivity contribution in [2.75, 3.05) is 6.61 Å². The van der Waals surface area contributed by atoms with Gasteiger partial charge in [0.05, 0.1) is 15.8 Å². The Labute approximate surface area is 200 Å². The molecular formula is C27H28N2O4S. The molecule has 1 atom stereocenters. The number of aryl methyl sites for hydroxylation is 1. The van der Waals surface area contributed by atoms with Gasteiger partial charge in [0.1, 0.15) is 19.0 Å². The van der Waals surface area contributed by atoms with Gasteiger partial charge in [-0.1, -0.05) is 75.4 Å². The molecule has 4 aromatic rings. The zero-order valence-electron chi connectivity index (χ0n) is 19.7. The van der Waals surface area contributed by atoms with Crippen molar-refractivity contribution < 1.29 is 17.3 Å². The molecule has 0 aliphatic rings. The molecule has 0 aliphatic heterocycles. The minimum Gasteiger partial charge on any atom is -0.474 e. The van der Waals surface area contributed by atoms with Gasteiger partial charge >= 0.3 is 0 Å². The number of para-hydroxylation sites is 1. The summed E-state index contributed by atoms with van der Waals surface area (Å²) in [4.78, 5) is 8.65. The smallest absolute Gasteiger partial charge is 0.297 e. The summed E-state index contributed by atoms with van der Waals surface area (Å²) < 4.78 is 38.3. The van der Waals surface area contributed by atoms with Gasteiger partial charge in [0.25, 0.3) is 10.1 Å². The topological polar surface area (TPSA) is 78.4 Å². The Balaban J connectivity index is 1.70. The first kappa shape index (κ1) is 23.9. The molecule has 0 radical (unpaired) electrons. The predicted octanol–water partition coefficient (Wildman–Crippen LogP) is 5.76. The van der Waals surface area contributed by atoms with Crippen molar-refractivity contribution in [1.29, 1.82) is 0 Å². The molecule has 0 saturated carbocycles. The van der Waals surface area contributed by atoms with Gasteiger partial charge in [-0.25, -0.2) is 9.97 Å². The maximum atomic E-state index is 13.2. The van der Waals surface area contributed by atoms with E-state index in [1.54, 1.807) is 31.2 Å². The van der Waals surface area contributed by atoms with E-state index in [1.807, 2.05) is 48.5 Å². The fourth-order valence-electron chi connectivity index (χ4n) is 3.68. The normalized spacial score (nSPS) is 13.1. The Bertz CT molecular complexity index is 1410. The zero-order valence-corrected chi connectivity index (χ0v) is 20.5. The molecule has 34 heavy (non-hydrogen) atoms. The maximum Gasteiger partial charge on any atom is 0.297 e. The quantitative estimate of drug-likeness (QED) is 0.316. The highest BCUT2D eigenvalue weighted by Gasteiger charge is 2.27. The van der Waals surface area contributed by atoms with Gasteiger partial charge in [-0.15, -0.1) is 0 Å². The summed E-state index contributed by atoms with van der Waals surface area (Å²) in [5, 5.41) is 0.744. The third-order valence-corrected chi connectivity index (χ3v) is 7.09. The molecule has 0 saturated heterocycles. The van der Waals surface area contributed by atoms with Gasteiger partial charge in [0, 0.05) is 0 Å².